The second-order valence-corrected chi connectivity index (χ2v) is 8.50. The molecule has 1 aliphatic heterocycles. The molecule has 0 aromatic heterocycles. The Labute approximate surface area is 154 Å². The third kappa shape index (κ3) is 3.30. The van der Waals surface area contributed by atoms with Crippen LogP contribution in [0.1, 0.15) is 30.5 Å². The van der Waals surface area contributed by atoms with Gasteiger partial charge in [0.05, 0.1) is 10.6 Å². The Morgan fingerprint density at radius 2 is 1.85 bits per heavy atom. The maximum absolute atomic E-state index is 12.7. The van der Waals surface area contributed by atoms with E-state index >= 15 is 0 Å². The highest BCUT2D eigenvalue weighted by Gasteiger charge is 2.31. The Morgan fingerprint density at radius 1 is 1.12 bits per heavy atom. The van der Waals surface area contributed by atoms with Crippen LogP contribution >= 0.6 is 0 Å². The molecule has 1 heterocycles. The van der Waals surface area contributed by atoms with Crippen molar-refractivity contribution in [3.63, 3.8) is 0 Å². The van der Waals surface area contributed by atoms with E-state index in [0.717, 1.165) is 22.4 Å². The molecule has 1 aliphatic rings. The highest BCUT2D eigenvalue weighted by atomic mass is 32.2. The lowest BCUT2D eigenvalue weighted by molar-refractivity contribution is -0.112. The molecule has 0 fully saturated rings. The fourth-order valence-corrected chi connectivity index (χ4v) is 4.18. The Morgan fingerprint density at radius 3 is 2.50 bits per heavy atom. The minimum Gasteiger partial charge on any atom is -0.311 e. The van der Waals surface area contributed by atoms with Gasteiger partial charge in [0.2, 0.25) is 10.0 Å². The number of likely N-dealkylation sites (N-methyl/N-ethyl adjacent to an activating group) is 1. The number of hydrogen-bond donors (Lipinski definition) is 1. The van der Waals surface area contributed by atoms with Crippen LogP contribution in [0, 0.1) is 6.92 Å². The summed E-state index contributed by atoms with van der Waals surface area (Å²) in [7, 11) is -1.98. The molecule has 0 saturated carbocycles. The van der Waals surface area contributed by atoms with Gasteiger partial charge in [-0.05, 0) is 44.5 Å². The van der Waals surface area contributed by atoms with Crippen molar-refractivity contribution in [2.24, 2.45) is 0 Å². The van der Waals surface area contributed by atoms with E-state index in [1.54, 1.807) is 24.1 Å². The summed E-state index contributed by atoms with van der Waals surface area (Å²) in [5, 5.41) is 0. The monoisotopic (exact) mass is 370 g/mol. The Balaban J connectivity index is 1.93. The van der Waals surface area contributed by atoms with Gasteiger partial charge in [0.1, 0.15) is 0 Å². The van der Waals surface area contributed by atoms with Crippen LogP contribution in [0.25, 0.3) is 5.57 Å². The SMILES string of the molecule is CC(C)=C1C(=O)N(C)c2ccc(S(=O)(=O)NCc3cccc(C)c3)cc21. The molecule has 1 amide bonds. The molecule has 1 N–H and O–H groups in total. The lowest BCUT2D eigenvalue weighted by Gasteiger charge is -2.11. The number of rotatable bonds is 4. The van der Waals surface area contributed by atoms with E-state index in [1.165, 1.54) is 6.07 Å². The molecular weight excluding hydrogens is 348 g/mol. The first-order chi connectivity index (χ1) is 12.2. The molecule has 3 rings (SSSR count). The Kier molecular flexibility index (Phi) is 4.73. The van der Waals surface area contributed by atoms with E-state index in [2.05, 4.69) is 4.72 Å². The predicted molar refractivity (Wildman–Crippen MR) is 103 cm³/mol. The second-order valence-electron chi connectivity index (χ2n) is 6.73. The molecule has 0 spiro atoms. The highest BCUT2D eigenvalue weighted by molar-refractivity contribution is 7.89. The van der Waals surface area contributed by atoms with E-state index < -0.39 is 10.0 Å². The summed E-state index contributed by atoms with van der Waals surface area (Å²) in [6, 6.07) is 12.5. The Bertz CT molecular complexity index is 1020. The number of sulfonamides is 1. The van der Waals surface area contributed by atoms with Gasteiger partial charge in [-0.1, -0.05) is 35.4 Å². The maximum atomic E-state index is 12.7. The molecule has 0 aliphatic carbocycles. The average Bonchev–Trinajstić information content (AvgIpc) is 2.84. The summed E-state index contributed by atoms with van der Waals surface area (Å²) >= 11 is 0. The van der Waals surface area contributed by atoms with Crippen LogP contribution in [-0.2, 0) is 21.4 Å². The first-order valence-electron chi connectivity index (χ1n) is 8.36. The standard InChI is InChI=1S/C20H22N2O3S/c1-13(2)19-17-11-16(8-9-18(17)22(4)20(19)23)26(24,25)21-12-15-7-5-6-14(3)10-15/h5-11,21H,12H2,1-4H3. The molecule has 0 saturated heterocycles. The number of aryl methyl sites for hydroxylation is 1. The summed E-state index contributed by atoms with van der Waals surface area (Å²) in [6.07, 6.45) is 0. The third-order valence-corrected chi connectivity index (χ3v) is 5.88. The normalized spacial score (nSPS) is 13.9. The summed E-state index contributed by atoms with van der Waals surface area (Å²) in [5.74, 6) is -0.109. The third-order valence-electron chi connectivity index (χ3n) is 4.48. The van der Waals surface area contributed by atoms with E-state index in [9.17, 15) is 13.2 Å². The van der Waals surface area contributed by atoms with Crippen molar-refractivity contribution in [2.75, 3.05) is 11.9 Å². The molecule has 5 nitrogen and oxygen atoms in total. The number of fused-ring (bicyclic) bond motifs is 1. The number of carbonyl (C=O) groups excluding carboxylic acids is 1. The van der Waals surface area contributed by atoms with Crippen molar-refractivity contribution in [3.05, 3.63) is 64.7 Å². The van der Waals surface area contributed by atoms with Crippen molar-refractivity contribution in [3.8, 4) is 0 Å². The predicted octanol–water partition coefficient (Wildman–Crippen LogP) is 3.24. The zero-order valence-corrected chi connectivity index (χ0v) is 16.1. The maximum Gasteiger partial charge on any atom is 0.258 e. The van der Waals surface area contributed by atoms with Gasteiger partial charge in [-0.2, -0.15) is 0 Å². The molecule has 136 valence electrons. The highest BCUT2D eigenvalue weighted by Crippen LogP contribution is 2.38. The second kappa shape index (κ2) is 6.70. The van der Waals surface area contributed by atoms with Crippen LogP contribution in [0.2, 0.25) is 0 Å². The molecule has 0 unspecified atom stereocenters. The van der Waals surface area contributed by atoms with E-state index in [4.69, 9.17) is 0 Å². The molecule has 2 aromatic rings. The number of anilines is 1. The first kappa shape index (κ1) is 18.4. The molecule has 0 atom stereocenters. The zero-order valence-electron chi connectivity index (χ0n) is 15.3. The number of nitrogens with zero attached hydrogens (tertiary/aromatic N) is 1. The lowest BCUT2D eigenvalue weighted by Crippen LogP contribution is -2.23. The Hall–Kier alpha value is -2.44. The van der Waals surface area contributed by atoms with Crippen molar-refractivity contribution >= 4 is 27.2 Å². The molecular formula is C20H22N2O3S. The number of amides is 1. The minimum absolute atomic E-state index is 0.109. The van der Waals surface area contributed by atoms with Crippen LogP contribution < -0.4 is 9.62 Å². The van der Waals surface area contributed by atoms with Gasteiger partial charge in [0.25, 0.3) is 5.91 Å². The average molecular weight is 370 g/mol. The fourth-order valence-electron chi connectivity index (χ4n) is 3.13. The summed E-state index contributed by atoms with van der Waals surface area (Å²) in [6.45, 7) is 5.89. The number of hydrogen-bond acceptors (Lipinski definition) is 3. The van der Waals surface area contributed by atoms with Gasteiger partial charge in [-0.25, -0.2) is 13.1 Å². The minimum atomic E-state index is -3.68. The van der Waals surface area contributed by atoms with Gasteiger partial charge >= 0.3 is 0 Å². The van der Waals surface area contributed by atoms with Crippen molar-refractivity contribution in [1.29, 1.82) is 0 Å². The number of carbonyl (C=O) groups is 1. The molecule has 6 heteroatoms. The van der Waals surface area contributed by atoms with Crippen molar-refractivity contribution in [1.82, 2.24) is 4.72 Å². The van der Waals surface area contributed by atoms with Crippen molar-refractivity contribution < 1.29 is 13.2 Å². The van der Waals surface area contributed by atoms with Gasteiger partial charge in [0.15, 0.2) is 0 Å². The number of nitrogens with one attached hydrogen (secondary N) is 1. The lowest BCUT2D eigenvalue weighted by atomic mass is 10.0. The molecule has 0 bridgehead atoms. The number of allylic oxidation sites excluding steroid dienone is 1. The van der Waals surface area contributed by atoms with Gasteiger partial charge in [-0.3, -0.25) is 4.79 Å². The topological polar surface area (TPSA) is 66.5 Å². The zero-order chi connectivity index (χ0) is 19.1. The largest absolute Gasteiger partial charge is 0.311 e. The van der Waals surface area contributed by atoms with Gasteiger partial charge < -0.3 is 4.90 Å². The van der Waals surface area contributed by atoms with Crippen LogP contribution in [0.4, 0.5) is 5.69 Å². The van der Waals surface area contributed by atoms with E-state index in [1.807, 2.05) is 45.0 Å². The number of benzene rings is 2. The first-order valence-corrected chi connectivity index (χ1v) is 9.84. The summed E-state index contributed by atoms with van der Waals surface area (Å²) < 4.78 is 28.0. The van der Waals surface area contributed by atoms with Crippen LogP contribution in [-0.4, -0.2) is 21.4 Å². The van der Waals surface area contributed by atoms with E-state index in [0.29, 0.717) is 11.1 Å². The van der Waals surface area contributed by atoms with Gasteiger partial charge in [0, 0.05) is 24.7 Å². The van der Waals surface area contributed by atoms with Gasteiger partial charge in [-0.15, -0.1) is 0 Å². The molecule has 26 heavy (non-hydrogen) atoms. The summed E-state index contributed by atoms with van der Waals surface area (Å²) in [5.41, 5.74) is 4.80. The van der Waals surface area contributed by atoms with Crippen LogP contribution in [0.3, 0.4) is 0 Å². The van der Waals surface area contributed by atoms with Crippen molar-refractivity contribution in [2.45, 2.75) is 32.2 Å². The molecule has 2 aromatic carbocycles. The van der Waals surface area contributed by atoms with Crippen LogP contribution in [0.5, 0.6) is 0 Å². The smallest absolute Gasteiger partial charge is 0.258 e. The van der Waals surface area contributed by atoms with E-state index in [-0.39, 0.29) is 17.3 Å². The fraction of sp³-hybridized carbons (Fsp3) is 0.250. The molecule has 0 radical (unpaired) electrons. The quantitative estimate of drug-likeness (QED) is 0.840. The van der Waals surface area contributed by atoms with Crippen LogP contribution in [0.15, 0.2) is 52.9 Å². The summed E-state index contributed by atoms with van der Waals surface area (Å²) in [4.78, 5) is 14.1.